The molecule has 0 saturated heterocycles. The van der Waals surface area contributed by atoms with Gasteiger partial charge in [0.1, 0.15) is 6.04 Å². The van der Waals surface area contributed by atoms with Crippen molar-refractivity contribution >= 4 is 17.3 Å². The van der Waals surface area contributed by atoms with Crippen LogP contribution in [0.1, 0.15) is 5.69 Å². The third-order valence-electron chi connectivity index (χ3n) is 1.23. The van der Waals surface area contributed by atoms with Crippen molar-refractivity contribution in [1.29, 1.82) is 0 Å². The lowest BCUT2D eigenvalue weighted by molar-refractivity contribution is -0.138. The van der Waals surface area contributed by atoms with E-state index in [0.717, 1.165) is 5.69 Å². The number of hydrogen-bond acceptors (Lipinski definition) is 4. The Morgan fingerprint density at radius 1 is 1.91 bits per heavy atom. The summed E-state index contributed by atoms with van der Waals surface area (Å²) in [6.45, 7) is 0. The van der Waals surface area contributed by atoms with Crippen LogP contribution in [0.3, 0.4) is 0 Å². The molecular weight excluding hydrogens is 164 g/mol. The second-order valence-corrected chi connectivity index (χ2v) is 2.85. The van der Waals surface area contributed by atoms with E-state index >= 15 is 0 Å². The molecule has 1 aromatic rings. The summed E-state index contributed by atoms with van der Waals surface area (Å²) in [4.78, 5) is 14.2. The molecule has 0 aliphatic rings. The third kappa shape index (κ3) is 2.28. The molecule has 0 radical (unpaired) electrons. The van der Waals surface area contributed by atoms with Gasteiger partial charge in [0, 0.05) is 11.8 Å². The summed E-state index contributed by atoms with van der Waals surface area (Å²) in [5, 5.41) is 10.2. The maximum atomic E-state index is 10.3. The largest absolute Gasteiger partial charge is 0.480 e. The van der Waals surface area contributed by atoms with Gasteiger partial charge in [0.2, 0.25) is 0 Å². The van der Waals surface area contributed by atoms with Crippen molar-refractivity contribution in [2.24, 2.45) is 5.73 Å². The van der Waals surface area contributed by atoms with Gasteiger partial charge in [-0.3, -0.25) is 4.79 Å². The molecule has 11 heavy (non-hydrogen) atoms. The molecule has 0 unspecified atom stereocenters. The van der Waals surface area contributed by atoms with E-state index in [-0.39, 0.29) is 0 Å². The molecule has 0 aliphatic heterocycles. The van der Waals surface area contributed by atoms with Crippen LogP contribution in [0.15, 0.2) is 10.9 Å². The molecule has 0 aliphatic carbocycles. The van der Waals surface area contributed by atoms with Crippen molar-refractivity contribution in [1.82, 2.24) is 4.98 Å². The van der Waals surface area contributed by atoms with Crippen LogP contribution in [-0.4, -0.2) is 22.1 Å². The molecule has 1 heterocycles. The lowest BCUT2D eigenvalue weighted by atomic mass is 10.2. The second-order valence-electron chi connectivity index (χ2n) is 2.13. The Kier molecular flexibility index (Phi) is 2.56. The molecule has 1 rings (SSSR count). The van der Waals surface area contributed by atoms with Crippen LogP contribution in [0.2, 0.25) is 0 Å². The molecule has 3 N–H and O–H groups in total. The number of nitrogens with two attached hydrogens (primary N) is 1. The standard InChI is InChI=1S/C6H8N2O2S/c7-5(6(9)10)1-4-2-11-3-8-4/h2-3,5H,1,7H2,(H,9,10)/t5-/m0/s1. The highest BCUT2D eigenvalue weighted by Gasteiger charge is 2.12. The van der Waals surface area contributed by atoms with Crippen molar-refractivity contribution < 1.29 is 9.90 Å². The summed E-state index contributed by atoms with van der Waals surface area (Å²) >= 11 is 1.43. The molecule has 0 bridgehead atoms. The summed E-state index contributed by atoms with van der Waals surface area (Å²) in [5.41, 5.74) is 7.67. The van der Waals surface area contributed by atoms with Crippen LogP contribution >= 0.6 is 11.3 Å². The third-order valence-corrected chi connectivity index (χ3v) is 1.86. The average Bonchev–Trinajstić information content (AvgIpc) is 2.39. The first-order valence-electron chi connectivity index (χ1n) is 3.05. The van der Waals surface area contributed by atoms with E-state index in [1.165, 1.54) is 11.3 Å². The van der Waals surface area contributed by atoms with Gasteiger partial charge in [-0.25, -0.2) is 4.98 Å². The van der Waals surface area contributed by atoms with Crippen molar-refractivity contribution in [2.45, 2.75) is 12.5 Å². The van der Waals surface area contributed by atoms with Gasteiger partial charge in [0.25, 0.3) is 0 Å². The molecule has 0 amide bonds. The minimum absolute atomic E-state index is 0.304. The molecule has 5 heteroatoms. The Labute approximate surface area is 67.7 Å². The van der Waals surface area contributed by atoms with E-state index < -0.39 is 12.0 Å². The molecule has 1 aromatic heterocycles. The van der Waals surface area contributed by atoms with Crippen LogP contribution in [0, 0.1) is 0 Å². The zero-order chi connectivity index (χ0) is 8.27. The Morgan fingerprint density at radius 2 is 2.64 bits per heavy atom. The van der Waals surface area contributed by atoms with Crippen LogP contribution < -0.4 is 5.73 Å². The van der Waals surface area contributed by atoms with E-state index in [0.29, 0.717) is 6.42 Å². The van der Waals surface area contributed by atoms with Gasteiger partial charge in [0.15, 0.2) is 0 Å². The maximum Gasteiger partial charge on any atom is 0.320 e. The van der Waals surface area contributed by atoms with Crippen molar-refractivity contribution in [3.8, 4) is 0 Å². The van der Waals surface area contributed by atoms with E-state index in [9.17, 15) is 4.79 Å². The van der Waals surface area contributed by atoms with Crippen LogP contribution in [0.4, 0.5) is 0 Å². The van der Waals surface area contributed by atoms with E-state index in [4.69, 9.17) is 10.8 Å². The summed E-state index contributed by atoms with van der Waals surface area (Å²) in [6.07, 6.45) is 0.304. The second kappa shape index (κ2) is 3.45. The normalized spacial score (nSPS) is 12.8. The monoisotopic (exact) mass is 172 g/mol. The highest BCUT2D eigenvalue weighted by Crippen LogP contribution is 2.02. The summed E-state index contributed by atoms with van der Waals surface area (Å²) < 4.78 is 0. The first kappa shape index (κ1) is 8.16. The van der Waals surface area contributed by atoms with Gasteiger partial charge >= 0.3 is 5.97 Å². The van der Waals surface area contributed by atoms with Crippen molar-refractivity contribution in [2.75, 3.05) is 0 Å². The molecule has 0 spiro atoms. The zero-order valence-corrected chi connectivity index (χ0v) is 6.54. The molecule has 0 fully saturated rings. The van der Waals surface area contributed by atoms with E-state index in [1.807, 2.05) is 0 Å². The van der Waals surface area contributed by atoms with Crippen LogP contribution in [-0.2, 0) is 11.2 Å². The summed E-state index contributed by atoms with van der Waals surface area (Å²) in [5.74, 6) is -0.988. The van der Waals surface area contributed by atoms with Gasteiger partial charge in [-0.2, -0.15) is 0 Å². The van der Waals surface area contributed by atoms with Gasteiger partial charge < -0.3 is 10.8 Å². The number of thiazole rings is 1. The Hall–Kier alpha value is -0.940. The highest BCUT2D eigenvalue weighted by atomic mass is 32.1. The number of carboxylic acids is 1. The molecular formula is C6H8N2O2S. The molecule has 0 saturated carbocycles. The lowest BCUT2D eigenvalue weighted by Gasteiger charge is -2.01. The molecule has 1 atom stereocenters. The van der Waals surface area contributed by atoms with Gasteiger partial charge in [-0.1, -0.05) is 0 Å². The SMILES string of the molecule is N[C@@H](Cc1cscn1)C(=O)O. The topological polar surface area (TPSA) is 76.2 Å². The smallest absolute Gasteiger partial charge is 0.320 e. The number of rotatable bonds is 3. The first-order valence-corrected chi connectivity index (χ1v) is 4.00. The fourth-order valence-electron chi connectivity index (χ4n) is 0.651. The summed E-state index contributed by atoms with van der Waals surface area (Å²) in [7, 11) is 0. The summed E-state index contributed by atoms with van der Waals surface area (Å²) in [6, 6.07) is -0.836. The quantitative estimate of drug-likeness (QED) is 0.677. The average molecular weight is 172 g/mol. The van der Waals surface area contributed by atoms with Gasteiger partial charge in [-0.05, 0) is 0 Å². The minimum atomic E-state index is -0.988. The fraction of sp³-hybridized carbons (Fsp3) is 0.333. The maximum absolute atomic E-state index is 10.3. The van der Waals surface area contributed by atoms with Gasteiger partial charge in [0.05, 0.1) is 11.2 Å². The molecule has 4 nitrogen and oxygen atoms in total. The predicted molar refractivity (Wildman–Crippen MR) is 41.4 cm³/mol. The predicted octanol–water partition coefficient (Wildman–Crippen LogP) is 0.0975. The van der Waals surface area contributed by atoms with E-state index in [1.54, 1.807) is 10.9 Å². The Balaban J connectivity index is 2.50. The van der Waals surface area contributed by atoms with E-state index in [2.05, 4.69) is 4.98 Å². The first-order chi connectivity index (χ1) is 5.20. The lowest BCUT2D eigenvalue weighted by Crippen LogP contribution is -2.32. The fourth-order valence-corrected chi connectivity index (χ4v) is 1.22. The number of hydrogen-bond donors (Lipinski definition) is 2. The van der Waals surface area contributed by atoms with Crippen LogP contribution in [0.5, 0.6) is 0 Å². The Bertz CT molecular complexity index is 235. The van der Waals surface area contributed by atoms with Crippen molar-refractivity contribution in [3.05, 3.63) is 16.6 Å². The number of nitrogens with zero attached hydrogens (tertiary/aromatic N) is 1. The number of carboxylic acid groups (broad SMARTS) is 1. The van der Waals surface area contributed by atoms with Crippen LogP contribution in [0.25, 0.3) is 0 Å². The number of aromatic nitrogens is 1. The Morgan fingerprint density at radius 3 is 3.09 bits per heavy atom. The van der Waals surface area contributed by atoms with Crippen molar-refractivity contribution in [3.63, 3.8) is 0 Å². The number of aliphatic carboxylic acids is 1. The van der Waals surface area contributed by atoms with Gasteiger partial charge in [-0.15, -0.1) is 11.3 Å². The zero-order valence-electron chi connectivity index (χ0n) is 5.73. The number of carbonyl (C=O) groups is 1. The molecule has 0 aromatic carbocycles. The molecule has 60 valence electrons. The highest BCUT2D eigenvalue weighted by molar-refractivity contribution is 7.07. The minimum Gasteiger partial charge on any atom is -0.480 e.